The molecule has 0 bridgehead atoms. The second-order valence-electron chi connectivity index (χ2n) is 6.83. The van der Waals surface area contributed by atoms with Gasteiger partial charge in [0.05, 0.1) is 19.8 Å². The molecule has 2 aliphatic heterocycles. The van der Waals surface area contributed by atoms with E-state index < -0.39 is 0 Å². The van der Waals surface area contributed by atoms with Crippen LogP contribution in [-0.4, -0.2) is 48.9 Å². The molecule has 5 nitrogen and oxygen atoms in total. The maximum atomic E-state index is 13.0. The summed E-state index contributed by atoms with van der Waals surface area (Å²) in [5.41, 5.74) is 4.91. The zero-order valence-corrected chi connectivity index (χ0v) is 15.2. The van der Waals surface area contributed by atoms with Gasteiger partial charge in [0.15, 0.2) is 0 Å². The molecule has 0 aliphatic carbocycles. The number of hydroxylamine groups is 4. The lowest BCUT2D eigenvalue weighted by Crippen LogP contribution is -2.52. The van der Waals surface area contributed by atoms with Crippen molar-refractivity contribution in [1.82, 2.24) is 10.1 Å². The van der Waals surface area contributed by atoms with Gasteiger partial charge in [-0.3, -0.25) is 9.63 Å². The zero-order valence-electron chi connectivity index (χ0n) is 15.2. The third-order valence-electron chi connectivity index (χ3n) is 5.21. The molecular formula is C19H26N2O3. The minimum absolute atomic E-state index is 0.0431. The van der Waals surface area contributed by atoms with Crippen molar-refractivity contribution in [2.45, 2.75) is 39.2 Å². The molecule has 0 atom stereocenters. The largest absolute Gasteiger partial charge is 0.302 e. The molecular weight excluding hydrogens is 304 g/mol. The third-order valence-corrected chi connectivity index (χ3v) is 5.21. The molecule has 24 heavy (non-hydrogen) atoms. The first-order valence-corrected chi connectivity index (χ1v) is 8.40. The number of benzene rings is 1. The molecule has 1 saturated heterocycles. The molecule has 2 heterocycles. The number of hydrogen-bond donors (Lipinski definition) is 0. The summed E-state index contributed by atoms with van der Waals surface area (Å²) in [5.74, 6) is -0.0431. The first-order chi connectivity index (χ1) is 11.4. The molecule has 0 unspecified atom stereocenters. The van der Waals surface area contributed by atoms with Gasteiger partial charge in [0.25, 0.3) is 5.91 Å². The molecule has 0 aromatic heterocycles. The molecule has 0 radical (unpaired) electrons. The van der Waals surface area contributed by atoms with Crippen LogP contribution in [0.4, 0.5) is 0 Å². The van der Waals surface area contributed by atoms with Crippen molar-refractivity contribution in [2.24, 2.45) is 0 Å². The zero-order chi connectivity index (χ0) is 17.5. The van der Waals surface area contributed by atoms with Gasteiger partial charge in [-0.15, -0.1) is 0 Å². The summed E-state index contributed by atoms with van der Waals surface area (Å²) in [6, 6.07) is 4.26. The maximum Gasteiger partial charge on any atom is 0.278 e. The molecule has 1 spiro atoms. The van der Waals surface area contributed by atoms with Crippen molar-refractivity contribution < 1.29 is 14.5 Å². The van der Waals surface area contributed by atoms with Gasteiger partial charge in [0.2, 0.25) is 0 Å². The Morgan fingerprint density at radius 1 is 1.00 bits per heavy atom. The lowest BCUT2D eigenvalue weighted by Gasteiger charge is -2.41. The van der Waals surface area contributed by atoms with Gasteiger partial charge in [0, 0.05) is 18.7 Å². The van der Waals surface area contributed by atoms with Crippen molar-refractivity contribution in [1.29, 1.82) is 0 Å². The smallest absolute Gasteiger partial charge is 0.278 e. The van der Waals surface area contributed by atoms with E-state index in [1.54, 1.807) is 19.3 Å². The van der Waals surface area contributed by atoms with Gasteiger partial charge in [-0.05, 0) is 56.4 Å². The summed E-state index contributed by atoms with van der Waals surface area (Å²) >= 11 is 0. The quantitative estimate of drug-likeness (QED) is 0.855. The van der Waals surface area contributed by atoms with Crippen molar-refractivity contribution >= 4 is 11.5 Å². The number of rotatable bonds is 3. The Bertz CT molecular complexity index is 665. The Hall–Kier alpha value is -1.69. The highest BCUT2D eigenvalue weighted by Gasteiger charge is 2.48. The van der Waals surface area contributed by atoms with E-state index >= 15 is 0 Å². The van der Waals surface area contributed by atoms with Gasteiger partial charge >= 0.3 is 0 Å². The lowest BCUT2D eigenvalue weighted by atomic mass is 9.87. The van der Waals surface area contributed by atoms with E-state index in [0.717, 1.165) is 48.2 Å². The summed E-state index contributed by atoms with van der Waals surface area (Å²) < 4.78 is 0. The van der Waals surface area contributed by atoms with Crippen LogP contribution in [0.15, 0.2) is 18.2 Å². The topological polar surface area (TPSA) is 42.0 Å². The molecule has 0 N–H and O–H groups in total. The Kier molecular flexibility index (Phi) is 4.51. The molecule has 1 fully saturated rings. The van der Waals surface area contributed by atoms with Crippen LogP contribution in [0, 0.1) is 20.8 Å². The molecule has 1 aromatic rings. The lowest BCUT2D eigenvalue weighted by molar-refractivity contribution is -0.215. The number of aryl methyl sites for hydroxylation is 3. The number of carbonyl (C=O) groups is 1. The standard InChI is InChI=1S/C19H26N2O3/c1-13-10-14(2)17(15(3)11-13)16-12-19(21(24-5)18(16)22)6-8-20(23-4)9-7-19/h10-12H,6-9H2,1-5H3. The number of amides is 1. The summed E-state index contributed by atoms with van der Waals surface area (Å²) in [6.07, 6.45) is 3.72. The summed E-state index contributed by atoms with van der Waals surface area (Å²) in [7, 11) is 3.26. The summed E-state index contributed by atoms with van der Waals surface area (Å²) in [5, 5.41) is 3.49. The first-order valence-electron chi connectivity index (χ1n) is 8.40. The van der Waals surface area contributed by atoms with Gasteiger partial charge in [-0.2, -0.15) is 5.06 Å². The van der Waals surface area contributed by atoms with E-state index in [0.29, 0.717) is 0 Å². The first kappa shape index (κ1) is 17.1. The van der Waals surface area contributed by atoms with Crippen LogP contribution in [0.5, 0.6) is 0 Å². The third kappa shape index (κ3) is 2.66. The molecule has 1 aromatic carbocycles. The highest BCUT2D eigenvalue weighted by Crippen LogP contribution is 2.42. The summed E-state index contributed by atoms with van der Waals surface area (Å²) in [4.78, 5) is 23.9. The minimum atomic E-state index is -0.375. The van der Waals surface area contributed by atoms with Crippen molar-refractivity contribution in [2.75, 3.05) is 27.3 Å². The average Bonchev–Trinajstić information content (AvgIpc) is 2.79. The average molecular weight is 330 g/mol. The van der Waals surface area contributed by atoms with Crippen LogP contribution in [0.25, 0.3) is 5.57 Å². The van der Waals surface area contributed by atoms with E-state index in [-0.39, 0.29) is 11.4 Å². The molecule has 2 aliphatic rings. The van der Waals surface area contributed by atoms with Gasteiger partial charge in [-0.25, -0.2) is 5.06 Å². The van der Waals surface area contributed by atoms with Crippen molar-refractivity contribution in [3.8, 4) is 0 Å². The molecule has 130 valence electrons. The maximum absolute atomic E-state index is 13.0. The monoisotopic (exact) mass is 330 g/mol. The van der Waals surface area contributed by atoms with Crippen LogP contribution in [0.2, 0.25) is 0 Å². The summed E-state index contributed by atoms with van der Waals surface area (Å²) in [6.45, 7) is 7.77. The predicted molar refractivity (Wildman–Crippen MR) is 93.0 cm³/mol. The van der Waals surface area contributed by atoms with Gasteiger partial charge in [-0.1, -0.05) is 17.7 Å². The molecule has 5 heteroatoms. The minimum Gasteiger partial charge on any atom is -0.302 e. The molecule has 1 amide bonds. The number of piperidine rings is 1. The van der Waals surface area contributed by atoms with E-state index in [9.17, 15) is 4.79 Å². The fraction of sp³-hybridized carbons (Fsp3) is 0.526. The van der Waals surface area contributed by atoms with Gasteiger partial charge in [0.1, 0.15) is 0 Å². The van der Waals surface area contributed by atoms with E-state index in [1.807, 2.05) is 5.06 Å². The van der Waals surface area contributed by atoms with E-state index in [4.69, 9.17) is 9.68 Å². The highest BCUT2D eigenvalue weighted by molar-refractivity contribution is 6.22. The Morgan fingerprint density at radius 2 is 1.58 bits per heavy atom. The van der Waals surface area contributed by atoms with Crippen LogP contribution < -0.4 is 0 Å². The van der Waals surface area contributed by atoms with Gasteiger partial charge < -0.3 is 4.84 Å². The van der Waals surface area contributed by atoms with Crippen LogP contribution in [0.3, 0.4) is 0 Å². The van der Waals surface area contributed by atoms with Crippen LogP contribution in [0.1, 0.15) is 35.1 Å². The molecule has 0 saturated carbocycles. The normalized spacial score (nSPS) is 20.8. The second-order valence-corrected chi connectivity index (χ2v) is 6.83. The second kappa shape index (κ2) is 6.31. The Morgan fingerprint density at radius 3 is 2.08 bits per heavy atom. The number of nitrogens with zero attached hydrogens (tertiary/aromatic N) is 2. The van der Waals surface area contributed by atoms with E-state index in [1.165, 1.54) is 5.56 Å². The molecule has 3 rings (SSSR count). The predicted octanol–water partition coefficient (Wildman–Crippen LogP) is 2.79. The Labute approximate surface area is 143 Å². The number of hydrogen-bond acceptors (Lipinski definition) is 4. The SMILES string of the molecule is CON1CCC2(C=C(c3c(C)cc(C)cc3C)C(=O)N2OC)CC1. The van der Waals surface area contributed by atoms with E-state index in [2.05, 4.69) is 39.0 Å². The van der Waals surface area contributed by atoms with Crippen molar-refractivity contribution in [3.05, 3.63) is 40.5 Å². The highest BCUT2D eigenvalue weighted by atomic mass is 16.7. The Balaban J connectivity index is 2.03. The van der Waals surface area contributed by atoms with Crippen LogP contribution in [-0.2, 0) is 14.5 Å². The fourth-order valence-electron chi connectivity index (χ4n) is 4.15. The van der Waals surface area contributed by atoms with Crippen molar-refractivity contribution in [3.63, 3.8) is 0 Å². The number of carbonyl (C=O) groups excluding carboxylic acids is 1. The fourth-order valence-corrected chi connectivity index (χ4v) is 4.15. The van der Waals surface area contributed by atoms with Crippen LogP contribution >= 0.6 is 0 Å².